The Kier molecular flexibility index (Phi) is 7.23. The first-order chi connectivity index (χ1) is 10.0. The lowest BCUT2D eigenvalue weighted by molar-refractivity contribution is -0.138. The van der Waals surface area contributed by atoms with Crippen LogP contribution in [0.15, 0.2) is 24.3 Å². The standard InChI is InChI=1S/C14H17FN2O4.ClH/c15-11-3-1-2-10(6-11)12-8-17(4-5-21-12)9-13(18)16-7-14(19)20;/h1-3,6,12H,4-5,7-9H2,(H,16,18)(H,19,20);1H. The van der Waals surface area contributed by atoms with Crippen LogP contribution in [-0.4, -0.2) is 54.7 Å². The fourth-order valence-electron chi connectivity index (χ4n) is 2.19. The van der Waals surface area contributed by atoms with Crippen molar-refractivity contribution < 1.29 is 23.8 Å². The van der Waals surface area contributed by atoms with Gasteiger partial charge in [-0.1, -0.05) is 12.1 Å². The average Bonchev–Trinajstić information content (AvgIpc) is 2.45. The van der Waals surface area contributed by atoms with Gasteiger partial charge in [0.25, 0.3) is 0 Å². The minimum atomic E-state index is -1.08. The van der Waals surface area contributed by atoms with Crippen LogP contribution in [0.4, 0.5) is 4.39 Å². The molecule has 0 radical (unpaired) electrons. The van der Waals surface area contributed by atoms with E-state index in [9.17, 15) is 14.0 Å². The summed E-state index contributed by atoms with van der Waals surface area (Å²) in [5.41, 5.74) is 0.727. The molecule has 0 spiro atoms. The van der Waals surface area contributed by atoms with E-state index in [4.69, 9.17) is 9.84 Å². The lowest BCUT2D eigenvalue weighted by atomic mass is 10.1. The number of amides is 1. The third kappa shape index (κ3) is 5.59. The zero-order valence-corrected chi connectivity index (χ0v) is 12.6. The van der Waals surface area contributed by atoms with Crippen LogP contribution in [0.25, 0.3) is 0 Å². The zero-order chi connectivity index (χ0) is 15.2. The number of aliphatic carboxylic acids is 1. The van der Waals surface area contributed by atoms with E-state index in [1.165, 1.54) is 12.1 Å². The van der Waals surface area contributed by atoms with E-state index < -0.39 is 12.5 Å². The third-order valence-electron chi connectivity index (χ3n) is 3.18. The Morgan fingerprint density at radius 2 is 2.23 bits per heavy atom. The molecule has 0 aromatic heterocycles. The van der Waals surface area contributed by atoms with Gasteiger partial charge in [-0.2, -0.15) is 0 Å². The maximum absolute atomic E-state index is 13.2. The number of carboxylic acid groups (broad SMARTS) is 1. The first kappa shape index (κ1) is 18.3. The van der Waals surface area contributed by atoms with E-state index in [-0.39, 0.29) is 36.8 Å². The highest BCUT2D eigenvalue weighted by molar-refractivity contribution is 5.85. The number of carbonyl (C=O) groups excluding carboxylic acids is 1. The van der Waals surface area contributed by atoms with Crippen LogP contribution < -0.4 is 5.32 Å². The van der Waals surface area contributed by atoms with E-state index in [2.05, 4.69) is 5.32 Å². The summed E-state index contributed by atoms with van der Waals surface area (Å²) in [4.78, 5) is 23.8. The topological polar surface area (TPSA) is 78.9 Å². The normalized spacial score (nSPS) is 18.3. The summed E-state index contributed by atoms with van der Waals surface area (Å²) in [7, 11) is 0. The molecule has 1 aliphatic rings. The van der Waals surface area contributed by atoms with E-state index in [0.717, 1.165) is 5.56 Å². The first-order valence-corrected chi connectivity index (χ1v) is 6.62. The highest BCUT2D eigenvalue weighted by Gasteiger charge is 2.23. The van der Waals surface area contributed by atoms with Gasteiger partial charge in [0.05, 0.1) is 19.3 Å². The van der Waals surface area contributed by atoms with Crippen molar-refractivity contribution >= 4 is 24.3 Å². The molecule has 2 rings (SSSR count). The first-order valence-electron chi connectivity index (χ1n) is 6.62. The molecule has 1 heterocycles. The molecule has 1 fully saturated rings. The van der Waals surface area contributed by atoms with Crippen molar-refractivity contribution in [2.24, 2.45) is 0 Å². The SMILES string of the molecule is Cl.O=C(O)CNC(=O)CN1CCOC(c2cccc(F)c2)C1. The van der Waals surface area contributed by atoms with Crippen LogP contribution in [0, 0.1) is 5.82 Å². The molecule has 8 heteroatoms. The number of benzene rings is 1. The highest BCUT2D eigenvalue weighted by atomic mass is 35.5. The lowest BCUT2D eigenvalue weighted by Gasteiger charge is -2.32. The molecule has 1 aliphatic heterocycles. The Bertz CT molecular complexity index is 529. The smallest absolute Gasteiger partial charge is 0.322 e. The molecule has 6 nitrogen and oxygen atoms in total. The van der Waals surface area contributed by atoms with Gasteiger partial charge in [0.2, 0.25) is 5.91 Å². The van der Waals surface area contributed by atoms with Crippen LogP contribution in [-0.2, 0) is 14.3 Å². The largest absolute Gasteiger partial charge is 0.480 e. The molecule has 1 atom stereocenters. The highest BCUT2D eigenvalue weighted by Crippen LogP contribution is 2.22. The molecule has 122 valence electrons. The van der Waals surface area contributed by atoms with Gasteiger partial charge >= 0.3 is 5.97 Å². The number of carboxylic acids is 1. The predicted octanol–water partition coefficient (Wildman–Crippen LogP) is 0.822. The predicted molar refractivity (Wildman–Crippen MR) is 79.4 cm³/mol. The number of morpholine rings is 1. The van der Waals surface area contributed by atoms with E-state index in [1.54, 1.807) is 12.1 Å². The monoisotopic (exact) mass is 332 g/mol. The van der Waals surface area contributed by atoms with Crippen molar-refractivity contribution in [1.29, 1.82) is 0 Å². The summed E-state index contributed by atoms with van der Waals surface area (Å²) in [6, 6.07) is 6.18. The summed E-state index contributed by atoms with van der Waals surface area (Å²) in [6.07, 6.45) is -0.290. The Morgan fingerprint density at radius 1 is 1.45 bits per heavy atom. The quantitative estimate of drug-likeness (QED) is 0.834. The zero-order valence-electron chi connectivity index (χ0n) is 11.8. The van der Waals surface area contributed by atoms with Crippen LogP contribution in [0.3, 0.4) is 0 Å². The van der Waals surface area contributed by atoms with Gasteiger partial charge in [-0.25, -0.2) is 4.39 Å². The van der Waals surface area contributed by atoms with Crippen molar-refractivity contribution in [3.8, 4) is 0 Å². The fourth-order valence-corrected chi connectivity index (χ4v) is 2.19. The van der Waals surface area contributed by atoms with Gasteiger partial charge in [-0.05, 0) is 17.7 Å². The Balaban J connectivity index is 0.00000242. The van der Waals surface area contributed by atoms with Crippen molar-refractivity contribution in [2.45, 2.75) is 6.10 Å². The lowest BCUT2D eigenvalue weighted by Crippen LogP contribution is -2.45. The van der Waals surface area contributed by atoms with Crippen molar-refractivity contribution in [3.05, 3.63) is 35.6 Å². The molecule has 2 N–H and O–H groups in total. The van der Waals surface area contributed by atoms with E-state index >= 15 is 0 Å². The van der Waals surface area contributed by atoms with Crippen LogP contribution >= 0.6 is 12.4 Å². The Hall–Kier alpha value is -1.70. The van der Waals surface area contributed by atoms with E-state index in [0.29, 0.717) is 19.7 Å². The summed E-state index contributed by atoms with van der Waals surface area (Å²) in [5.74, 6) is -1.76. The minimum absolute atomic E-state index is 0. The number of hydrogen-bond acceptors (Lipinski definition) is 4. The van der Waals surface area contributed by atoms with Gasteiger partial charge < -0.3 is 15.2 Å². The van der Waals surface area contributed by atoms with E-state index in [1.807, 2.05) is 4.90 Å². The molecule has 1 saturated heterocycles. The molecule has 0 saturated carbocycles. The summed E-state index contributed by atoms with van der Waals surface area (Å²) < 4.78 is 18.8. The second-order valence-electron chi connectivity index (χ2n) is 4.82. The number of rotatable bonds is 5. The van der Waals surface area contributed by atoms with Crippen molar-refractivity contribution in [2.75, 3.05) is 32.8 Å². The molecule has 1 amide bonds. The minimum Gasteiger partial charge on any atom is -0.480 e. The summed E-state index contributed by atoms with van der Waals surface area (Å²) in [6.45, 7) is 1.18. The molecular formula is C14H18ClFN2O4. The molecule has 1 aromatic rings. The Morgan fingerprint density at radius 3 is 2.91 bits per heavy atom. The number of hydrogen-bond donors (Lipinski definition) is 2. The number of carbonyl (C=O) groups is 2. The van der Waals surface area contributed by atoms with Crippen LogP contribution in [0.5, 0.6) is 0 Å². The third-order valence-corrected chi connectivity index (χ3v) is 3.18. The molecule has 0 bridgehead atoms. The van der Waals surface area contributed by atoms with Crippen LogP contribution in [0.2, 0.25) is 0 Å². The second kappa shape index (κ2) is 8.67. The van der Waals surface area contributed by atoms with Gasteiger partial charge in [-0.15, -0.1) is 12.4 Å². The fraction of sp³-hybridized carbons (Fsp3) is 0.429. The summed E-state index contributed by atoms with van der Waals surface area (Å²) >= 11 is 0. The number of halogens is 2. The van der Waals surface area contributed by atoms with Crippen molar-refractivity contribution in [1.82, 2.24) is 10.2 Å². The van der Waals surface area contributed by atoms with Gasteiger partial charge in [0.15, 0.2) is 0 Å². The Labute approximate surface area is 133 Å². The number of nitrogens with one attached hydrogen (secondary N) is 1. The van der Waals surface area contributed by atoms with Crippen LogP contribution in [0.1, 0.15) is 11.7 Å². The molecule has 0 aliphatic carbocycles. The summed E-state index contributed by atoms with van der Waals surface area (Å²) in [5, 5.41) is 10.8. The average molecular weight is 333 g/mol. The maximum atomic E-state index is 13.2. The van der Waals surface area contributed by atoms with Crippen molar-refractivity contribution in [3.63, 3.8) is 0 Å². The molecule has 22 heavy (non-hydrogen) atoms. The second-order valence-corrected chi connectivity index (χ2v) is 4.82. The molecule has 1 unspecified atom stereocenters. The number of ether oxygens (including phenoxy) is 1. The number of nitrogens with zero attached hydrogens (tertiary/aromatic N) is 1. The maximum Gasteiger partial charge on any atom is 0.322 e. The molecular weight excluding hydrogens is 315 g/mol. The molecule has 1 aromatic carbocycles. The van der Waals surface area contributed by atoms with Gasteiger partial charge in [0.1, 0.15) is 12.4 Å². The van der Waals surface area contributed by atoms with Gasteiger partial charge in [0, 0.05) is 13.1 Å². The van der Waals surface area contributed by atoms with Gasteiger partial charge in [-0.3, -0.25) is 14.5 Å².